The zero-order valence-electron chi connectivity index (χ0n) is 15.3. The van der Waals surface area contributed by atoms with Crippen LogP contribution in [0.5, 0.6) is 0 Å². The lowest BCUT2D eigenvalue weighted by molar-refractivity contribution is -0.251. The summed E-state index contributed by atoms with van der Waals surface area (Å²) in [5, 5.41) is 3.36. The van der Waals surface area contributed by atoms with Gasteiger partial charge in [-0.25, -0.2) is 0 Å². The van der Waals surface area contributed by atoms with Crippen LogP contribution in [0.2, 0.25) is 0 Å². The van der Waals surface area contributed by atoms with E-state index >= 15 is 0 Å². The van der Waals surface area contributed by atoms with Crippen LogP contribution in [-0.4, -0.2) is 40.0 Å². The summed E-state index contributed by atoms with van der Waals surface area (Å²) >= 11 is 0. The van der Waals surface area contributed by atoms with Gasteiger partial charge in [0.05, 0.1) is 19.0 Å². The third-order valence-electron chi connectivity index (χ3n) is 4.27. The zero-order valence-corrected chi connectivity index (χ0v) is 16.1. The standard InChI is InChI=1S/C20H25NO5S/c1-27(22,23)26-19-15-24-20(17-10-6-3-7-11-17)25-18(19)12-13-21-14-16-8-4-2-5-9-16/h2-11,18-21H,12-15H2,1H3. The van der Waals surface area contributed by atoms with Crippen LogP contribution in [0.1, 0.15) is 23.8 Å². The lowest BCUT2D eigenvalue weighted by atomic mass is 10.1. The van der Waals surface area contributed by atoms with Crippen molar-refractivity contribution in [1.82, 2.24) is 5.32 Å². The number of hydrogen-bond donors (Lipinski definition) is 1. The smallest absolute Gasteiger partial charge is 0.264 e. The van der Waals surface area contributed by atoms with Crippen molar-refractivity contribution in [2.24, 2.45) is 0 Å². The number of ether oxygens (including phenoxy) is 2. The Hall–Kier alpha value is -1.77. The molecule has 0 aromatic heterocycles. The topological polar surface area (TPSA) is 73.9 Å². The Balaban J connectivity index is 1.58. The summed E-state index contributed by atoms with van der Waals surface area (Å²) in [5.41, 5.74) is 2.09. The zero-order chi connectivity index (χ0) is 19.1. The van der Waals surface area contributed by atoms with Crippen LogP contribution in [0, 0.1) is 0 Å². The van der Waals surface area contributed by atoms with Gasteiger partial charge in [0.2, 0.25) is 0 Å². The molecule has 7 heteroatoms. The Kier molecular flexibility index (Phi) is 6.98. The molecule has 1 fully saturated rings. The van der Waals surface area contributed by atoms with E-state index < -0.39 is 22.5 Å². The molecule has 6 nitrogen and oxygen atoms in total. The van der Waals surface area contributed by atoms with Crippen molar-refractivity contribution in [3.63, 3.8) is 0 Å². The number of rotatable bonds is 8. The van der Waals surface area contributed by atoms with Crippen LogP contribution in [0.15, 0.2) is 60.7 Å². The number of hydrogen-bond acceptors (Lipinski definition) is 6. The minimum atomic E-state index is -3.59. The van der Waals surface area contributed by atoms with E-state index in [-0.39, 0.29) is 12.7 Å². The van der Waals surface area contributed by atoms with Gasteiger partial charge in [-0.05, 0) is 18.5 Å². The van der Waals surface area contributed by atoms with E-state index in [1.165, 1.54) is 5.56 Å². The summed E-state index contributed by atoms with van der Waals surface area (Å²) in [5.74, 6) is 0. The largest absolute Gasteiger partial charge is 0.346 e. The fourth-order valence-corrected chi connectivity index (χ4v) is 3.63. The molecule has 2 aromatic carbocycles. The van der Waals surface area contributed by atoms with Crippen molar-refractivity contribution in [3.8, 4) is 0 Å². The molecule has 0 amide bonds. The first-order chi connectivity index (χ1) is 13.0. The van der Waals surface area contributed by atoms with Gasteiger partial charge >= 0.3 is 0 Å². The van der Waals surface area contributed by atoms with Crippen LogP contribution in [0.4, 0.5) is 0 Å². The molecule has 3 atom stereocenters. The minimum Gasteiger partial charge on any atom is -0.346 e. The van der Waals surface area contributed by atoms with Crippen LogP contribution < -0.4 is 5.32 Å². The molecule has 1 saturated heterocycles. The SMILES string of the molecule is CS(=O)(=O)OC1COC(c2ccccc2)OC1CCNCc1ccccc1. The van der Waals surface area contributed by atoms with Crippen molar-refractivity contribution in [2.75, 3.05) is 19.4 Å². The Bertz CT molecular complexity index is 798. The summed E-state index contributed by atoms with van der Waals surface area (Å²) < 4.78 is 40.0. The van der Waals surface area contributed by atoms with Gasteiger partial charge in [-0.3, -0.25) is 4.18 Å². The first-order valence-electron chi connectivity index (χ1n) is 8.96. The predicted octanol–water partition coefficient (Wildman–Crippen LogP) is 2.63. The second-order valence-electron chi connectivity index (χ2n) is 6.54. The van der Waals surface area contributed by atoms with Crippen LogP contribution in [0.25, 0.3) is 0 Å². The molecular weight excluding hydrogens is 366 g/mol. The molecule has 0 saturated carbocycles. The Morgan fingerprint density at radius 1 is 1.07 bits per heavy atom. The van der Waals surface area contributed by atoms with Crippen molar-refractivity contribution in [3.05, 3.63) is 71.8 Å². The van der Waals surface area contributed by atoms with E-state index in [4.69, 9.17) is 13.7 Å². The average molecular weight is 391 g/mol. The van der Waals surface area contributed by atoms with E-state index in [0.29, 0.717) is 13.0 Å². The van der Waals surface area contributed by atoms with Crippen molar-refractivity contribution < 1.29 is 22.1 Å². The maximum Gasteiger partial charge on any atom is 0.264 e. The lowest BCUT2D eigenvalue weighted by Gasteiger charge is -2.36. The molecule has 1 aliphatic heterocycles. The van der Waals surface area contributed by atoms with Gasteiger partial charge in [0, 0.05) is 12.1 Å². The second-order valence-corrected chi connectivity index (χ2v) is 8.14. The molecule has 1 N–H and O–H groups in total. The monoisotopic (exact) mass is 391 g/mol. The third-order valence-corrected chi connectivity index (χ3v) is 4.87. The highest BCUT2D eigenvalue weighted by Crippen LogP contribution is 2.29. The average Bonchev–Trinajstić information content (AvgIpc) is 2.67. The van der Waals surface area contributed by atoms with Gasteiger partial charge < -0.3 is 14.8 Å². The maximum atomic E-state index is 11.6. The molecule has 146 valence electrons. The van der Waals surface area contributed by atoms with Gasteiger partial charge in [0.15, 0.2) is 6.29 Å². The first-order valence-corrected chi connectivity index (χ1v) is 10.8. The number of benzene rings is 2. The fraction of sp³-hybridized carbons (Fsp3) is 0.400. The maximum absolute atomic E-state index is 11.6. The normalized spacial score (nSPS) is 23.2. The van der Waals surface area contributed by atoms with Gasteiger partial charge in [0.25, 0.3) is 10.1 Å². The Morgan fingerprint density at radius 3 is 2.41 bits per heavy atom. The van der Waals surface area contributed by atoms with Crippen LogP contribution in [0.3, 0.4) is 0 Å². The van der Waals surface area contributed by atoms with Gasteiger partial charge in [0.1, 0.15) is 6.10 Å². The molecule has 0 bridgehead atoms. The second kappa shape index (κ2) is 9.43. The van der Waals surface area contributed by atoms with Gasteiger partial charge in [-0.15, -0.1) is 0 Å². The lowest BCUT2D eigenvalue weighted by Crippen LogP contribution is -2.44. The summed E-state index contributed by atoms with van der Waals surface area (Å²) in [6, 6.07) is 19.7. The van der Waals surface area contributed by atoms with Gasteiger partial charge in [-0.1, -0.05) is 60.7 Å². The highest BCUT2D eigenvalue weighted by Gasteiger charge is 2.35. The summed E-state index contributed by atoms with van der Waals surface area (Å²) in [4.78, 5) is 0. The van der Waals surface area contributed by atoms with E-state index in [1.807, 2.05) is 48.5 Å². The molecular formula is C20H25NO5S. The van der Waals surface area contributed by atoms with Crippen molar-refractivity contribution >= 4 is 10.1 Å². The summed E-state index contributed by atoms with van der Waals surface area (Å²) in [6.07, 6.45) is 0.0888. The minimum absolute atomic E-state index is 0.163. The molecule has 1 heterocycles. The van der Waals surface area contributed by atoms with E-state index in [9.17, 15) is 8.42 Å². The Morgan fingerprint density at radius 2 is 1.74 bits per heavy atom. The highest BCUT2D eigenvalue weighted by atomic mass is 32.2. The van der Waals surface area contributed by atoms with E-state index in [1.54, 1.807) is 0 Å². The molecule has 2 aromatic rings. The fourth-order valence-electron chi connectivity index (χ4n) is 3.00. The third kappa shape index (κ3) is 6.41. The molecule has 1 aliphatic rings. The van der Waals surface area contributed by atoms with E-state index in [2.05, 4.69) is 17.4 Å². The predicted molar refractivity (Wildman–Crippen MR) is 102 cm³/mol. The number of nitrogens with one attached hydrogen (secondary N) is 1. The summed E-state index contributed by atoms with van der Waals surface area (Å²) in [7, 11) is -3.59. The molecule has 27 heavy (non-hydrogen) atoms. The molecule has 0 spiro atoms. The van der Waals surface area contributed by atoms with Gasteiger partial charge in [-0.2, -0.15) is 8.42 Å². The summed E-state index contributed by atoms with van der Waals surface area (Å²) in [6.45, 7) is 1.57. The molecule has 0 aliphatic carbocycles. The van der Waals surface area contributed by atoms with Crippen molar-refractivity contribution in [1.29, 1.82) is 0 Å². The molecule has 3 unspecified atom stereocenters. The Labute approximate surface area is 160 Å². The van der Waals surface area contributed by atoms with E-state index in [0.717, 1.165) is 18.4 Å². The quantitative estimate of drug-likeness (QED) is 0.551. The van der Waals surface area contributed by atoms with Crippen LogP contribution >= 0.6 is 0 Å². The van der Waals surface area contributed by atoms with Crippen molar-refractivity contribution in [2.45, 2.75) is 31.5 Å². The highest BCUT2D eigenvalue weighted by molar-refractivity contribution is 7.86. The van der Waals surface area contributed by atoms with Crippen LogP contribution in [-0.2, 0) is 30.3 Å². The first kappa shape index (κ1) is 20.0. The molecule has 3 rings (SSSR count). The molecule has 0 radical (unpaired) electrons.